The molecule has 0 unspecified atom stereocenters. The first-order chi connectivity index (χ1) is 10.6. The van der Waals surface area contributed by atoms with Gasteiger partial charge in [-0.25, -0.2) is 9.20 Å². The van der Waals surface area contributed by atoms with Crippen molar-refractivity contribution in [2.24, 2.45) is 0 Å². The second-order valence-electron chi connectivity index (χ2n) is 5.58. The van der Waals surface area contributed by atoms with Gasteiger partial charge in [-0.05, 0) is 49.1 Å². The molecule has 0 amide bonds. The minimum absolute atomic E-state index is 0.140. The number of aromatic nitrogens is 3. The fraction of sp³-hybridized carbons (Fsp3) is 0.111. The SMILES string of the molecule is Cc1ccc(-n2nc3c(C)cc4ccccc4n3c2=O)cc1. The molecule has 0 aliphatic carbocycles. The van der Waals surface area contributed by atoms with E-state index in [1.165, 1.54) is 4.68 Å². The van der Waals surface area contributed by atoms with Crippen LogP contribution in [-0.4, -0.2) is 14.2 Å². The third-order valence-electron chi connectivity index (χ3n) is 3.96. The third kappa shape index (κ3) is 1.77. The highest BCUT2D eigenvalue weighted by Crippen LogP contribution is 2.18. The largest absolute Gasteiger partial charge is 0.355 e. The summed E-state index contributed by atoms with van der Waals surface area (Å²) in [6.07, 6.45) is 0. The summed E-state index contributed by atoms with van der Waals surface area (Å²) in [7, 11) is 0. The first-order valence-electron chi connectivity index (χ1n) is 7.22. The van der Waals surface area contributed by atoms with Gasteiger partial charge in [-0.1, -0.05) is 35.9 Å². The van der Waals surface area contributed by atoms with Gasteiger partial charge in [-0.3, -0.25) is 0 Å². The minimum Gasteiger partial charge on any atom is -0.245 e. The van der Waals surface area contributed by atoms with Gasteiger partial charge in [-0.2, -0.15) is 4.68 Å². The Morgan fingerprint density at radius 2 is 1.68 bits per heavy atom. The van der Waals surface area contributed by atoms with E-state index in [4.69, 9.17) is 0 Å². The van der Waals surface area contributed by atoms with Crippen molar-refractivity contribution in [1.29, 1.82) is 0 Å². The number of rotatable bonds is 1. The van der Waals surface area contributed by atoms with Gasteiger partial charge in [-0.15, -0.1) is 5.10 Å². The molecule has 0 bridgehead atoms. The van der Waals surface area contributed by atoms with Gasteiger partial charge in [0.25, 0.3) is 0 Å². The average molecular weight is 289 g/mol. The normalized spacial score (nSPS) is 11.4. The number of aryl methyl sites for hydroxylation is 2. The molecule has 108 valence electrons. The number of hydrogen-bond acceptors (Lipinski definition) is 2. The van der Waals surface area contributed by atoms with Crippen LogP contribution >= 0.6 is 0 Å². The fourth-order valence-electron chi connectivity index (χ4n) is 2.81. The summed E-state index contributed by atoms with van der Waals surface area (Å²) in [5, 5.41) is 5.57. The van der Waals surface area contributed by atoms with E-state index >= 15 is 0 Å². The molecule has 22 heavy (non-hydrogen) atoms. The fourth-order valence-corrected chi connectivity index (χ4v) is 2.81. The highest BCUT2D eigenvalue weighted by Gasteiger charge is 2.13. The maximum Gasteiger partial charge on any atom is 0.355 e. The van der Waals surface area contributed by atoms with Crippen LogP contribution in [0.25, 0.3) is 22.2 Å². The summed E-state index contributed by atoms with van der Waals surface area (Å²) in [6, 6.07) is 17.7. The molecule has 4 rings (SSSR count). The van der Waals surface area contributed by atoms with Gasteiger partial charge in [0.15, 0.2) is 5.65 Å². The number of pyridine rings is 1. The highest BCUT2D eigenvalue weighted by molar-refractivity contribution is 5.83. The van der Waals surface area contributed by atoms with Crippen molar-refractivity contribution in [3.8, 4) is 5.69 Å². The molecule has 0 spiro atoms. The summed E-state index contributed by atoms with van der Waals surface area (Å²) in [5.74, 6) is 0. The summed E-state index contributed by atoms with van der Waals surface area (Å²) in [6.45, 7) is 4.00. The number of hydrogen-bond donors (Lipinski definition) is 0. The molecule has 2 aromatic heterocycles. The zero-order chi connectivity index (χ0) is 15.3. The second-order valence-corrected chi connectivity index (χ2v) is 5.58. The first kappa shape index (κ1) is 12.8. The molecule has 2 heterocycles. The molecular formula is C18H15N3O. The summed E-state index contributed by atoms with van der Waals surface area (Å²) in [4.78, 5) is 12.8. The van der Waals surface area contributed by atoms with Crippen LogP contribution in [0, 0.1) is 13.8 Å². The predicted octanol–water partition coefficient (Wildman–Crippen LogP) is 3.26. The van der Waals surface area contributed by atoms with Crippen LogP contribution in [0.15, 0.2) is 59.4 Å². The number of nitrogens with zero attached hydrogens (tertiary/aromatic N) is 3. The zero-order valence-corrected chi connectivity index (χ0v) is 12.4. The van der Waals surface area contributed by atoms with Gasteiger partial charge < -0.3 is 0 Å². The van der Waals surface area contributed by atoms with Crippen LogP contribution in [0.2, 0.25) is 0 Å². The third-order valence-corrected chi connectivity index (χ3v) is 3.96. The molecule has 0 saturated carbocycles. The zero-order valence-electron chi connectivity index (χ0n) is 12.4. The van der Waals surface area contributed by atoms with Crippen LogP contribution in [0.5, 0.6) is 0 Å². The van der Waals surface area contributed by atoms with Crippen molar-refractivity contribution in [3.63, 3.8) is 0 Å². The number of para-hydroxylation sites is 1. The van der Waals surface area contributed by atoms with Gasteiger partial charge >= 0.3 is 5.69 Å². The smallest absolute Gasteiger partial charge is 0.245 e. The van der Waals surface area contributed by atoms with Crippen LogP contribution in [0.4, 0.5) is 0 Å². The summed E-state index contributed by atoms with van der Waals surface area (Å²) >= 11 is 0. The Morgan fingerprint density at radius 3 is 2.45 bits per heavy atom. The quantitative estimate of drug-likeness (QED) is 0.539. The van der Waals surface area contributed by atoms with E-state index in [1.54, 1.807) is 4.40 Å². The standard InChI is InChI=1S/C18H15N3O/c1-12-7-9-15(10-8-12)21-18(22)20-16-6-4-3-5-14(16)11-13(2)17(20)19-21/h3-11H,1-2H3. The van der Waals surface area contributed by atoms with Gasteiger partial charge in [0.1, 0.15) is 0 Å². The lowest BCUT2D eigenvalue weighted by Crippen LogP contribution is -2.19. The topological polar surface area (TPSA) is 39.3 Å². The Labute approximate surface area is 127 Å². The predicted molar refractivity (Wildman–Crippen MR) is 87.8 cm³/mol. The van der Waals surface area contributed by atoms with Gasteiger partial charge in [0, 0.05) is 0 Å². The molecule has 0 atom stereocenters. The van der Waals surface area contributed by atoms with E-state index in [2.05, 4.69) is 11.2 Å². The maximum atomic E-state index is 12.8. The first-order valence-corrected chi connectivity index (χ1v) is 7.22. The molecule has 4 nitrogen and oxygen atoms in total. The van der Waals surface area contributed by atoms with Crippen molar-refractivity contribution < 1.29 is 0 Å². The van der Waals surface area contributed by atoms with E-state index < -0.39 is 0 Å². The number of fused-ring (bicyclic) bond motifs is 3. The summed E-state index contributed by atoms with van der Waals surface area (Å²) < 4.78 is 3.15. The molecule has 0 N–H and O–H groups in total. The Hall–Kier alpha value is -2.88. The molecule has 0 aliphatic rings. The Balaban J connectivity index is 2.13. The lowest BCUT2D eigenvalue weighted by atomic mass is 10.1. The molecule has 4 heteroatoms. The van der Waals surface area contributed by atoms with Crippen LogP contribution in [0.3, 0.4) is 0 Å². The second kappa shape index (κ2) is 4.56. The van der Waals surface area contributed by atoms with Crippen molar-refractivity contribution in [1.82, 2.24) is 14.2 Å². The Bertz CT molecular complexity index is 1060. The van der Waals surface area contributed by atoms with E-state index in [1.807, 2.05) is 62.4 Å². The van der Waals surface area contributed by atoms with Crippen molar-refractivity contribution in [2.45, 2.75) is 13.8 Å². The number of benzene rings is 2. The van der Waals surface area contributed by atoms with Crippen molar-refractivity contribution >= 4 is 16.6 Å². The molecule has 0 saturated heterocycles. The summed E-state index contributed by atoms with van der Waals surface area (Å²) in [5.41, 5.74) is 4.36. The molecule has 0 aliphatic heterocycles. The Kier molecular flexibility index (Phi) is 2.66. The van der Waals surface area contributed by atoms with E-state index in [0.29, 0.717) is 5.65 Å². The maximum absolute atomic E-state index is 12.8. The van der Waals surface area contributed by atoms with Gasteiger partial charge in [0.2, 0.25) is 0 Å². The van der Waals surface area contributed by atoms with Crippen LogP contribution in [-0.2, 0) is 0 Å². The highest BCUT2D eigenvalue weighted by atomic mass is 16.2. The van der Waals surface area contributed by atoms with E-state index in [-0.39, 0.29) is 5.69 Å². The lowest BCUT2D eigenvalue weighted by Gasteiger charge is -2.02. The minimum atomic E-state index is -0.140. The Morgan fingerprint density at radius 1 is 0.955 bits per heavy atom. The molecule has 0 radical (unpaired) electrons. The average Bonchev–Trinajstić information content (AvgIpc) is 2.87. The molecule has 4 aromatic rings. The van der Waals surface area contributed by atoms with E-state index in [9.17, 15) is 4.79 Å². The van der Waals surface area contributed by atoms with Crippen molar-refractivity contribution in [3.05, 3.63) is 76.2 Å². The molecular weight excluding hydrogens is 274 g/mol. The van der Waals surface area contributed by atoms with Crippen molar-refractivity contribution in [2.75, 3.05) is 0 Å². The molecule has 0 fully saturated rings. The molecule has 2 aromatic carbocycles. The van der Waals surface area contributed by atoms with Gasteiger partial charge in [0.05, 0.1) is 11.2 Å². The monoisotopic (exact) mass is 289 g/mol. The van der Waals surface area contributed by atoms with Crippen LogP contribution in [0.1, 0.15) is 11.1 Å². The van der Waals surface area contributed by atoms with Crippen LogP contribution < -0.4 is 5.69 Å². The van der Waals surface area contributed by atoms with E-state index in [0.717, 1.165) is 27.7 Å². The lowest BCUT2D eigenvalue weighted by molar-refractivity contribution is 0.842.